The molecule has 3 atom stereocenters. The van der Waals surface area contributed by atoms with E-state index in [1.807, 2.05) is 0 Å². The van der Waals surface area contributed by atoms with Gasteiger partial charge in [0.25, 0.3) is 0 Å². The molecular weight excluding hydrogens is 208 g/mol. The van der Waals surface area contributed by atoms with E-state index in [-0.39, 0.29) is 5.54 Å². The van der Waals surface area contributed by atoms with Gasteiger partial charge in [0.1, 0.15) is 0 Å². The highest BCUT2D eigenvalue weighted by Gasteiger charge is 2.37. The zero-order valence-corrected chi connectivity index (χ0v) is 11.8. The molecule has 0 spiro atoms. The summed E-state index contributed by atoms with van der Waals surface area (Å²) in [4.78, 5) is 0. The molecule has 3 N–H and O–H groups in total. The highest BCUT2D eigenvalue weighted by atomic mass is 15.0. The predicted octanol–water partition coefficient (Wildman–Crippen LogP) is 2.78. The average Bonchev–Trinajstić information content (AvgIpc) is 3.08. The van der Waals surface area contributed by atoms with Crippen LogP contribution in [0.1, 0.15) is 52.9 Å². The van der Waals surface area contributed by atoms with Crippen molar-refractivity contribution in [3.05, 3.63) is 0 Å². The summed E-state index contributed by atoms with van der Waals surface area (Å²) in [6.07, 6.45) is 6.81. The normalized spacial score (nSPS) is 40.2. The smallest absolute Gasteiger partial charge is 0.0309 e. The van der Waals surface area contributed by atoms with Gasteiger partial charge >= 0.3 is 0 Å². The molecule has 2 aliphatic rings. The summed E-state index contributed by atoms with van der Waals surface area (Å²) in [5.41, 5.74) is 6.31. The van der Waals surface area contributed by atoms with Crippen LogP contribution in [0.25, 0.3) is 0 Å². The topological polar surface area (TPSA) is 38.0 Å². The SMILES string of the molecule is CC1CC(C)CC(CN)(NCC(C)C2CC2)C1. The Labute approximate surface area is 107 Å². The number of rotatable bonds is 5. The molecule has 17 heavy (non-hydrogen) atoms. The van der Waals surface area contributed by atoms with E-state index in [9.17, 15) is 0 Å². The van der Waals surface area contributed by atoms with Gasteiger partial charge in [0, 0.05) is 12.1 Å². The lowest BCUT2D eigenvalue weighted by Gasteiger charge is -2.43. The number of hydrogen-bond acceptors (Lipinski definition) is 2. The third kappa shape index (κ3) is 3.45. The summed E-state index contributed by atoms with van der Waals surface area (Å²) in [6, 6.07) is 0. The van der Waals surface area contributed by atoms with Crippen LogP contribution in [0.4, 0.5) is 0 Å². The van der Waals surface area contributed by atoms with E-state index in [4.69, 9.17) is 5.73 Å². The Hall–Kier alpha value is -0.0800. The van der Waals surface area contributed by atoms with Crippen molar-refractivity contribution in [2.24, 2.45) is 29.4 Å². The fourth-order valence-corrected chi connectivity index (χ4v) is 3.86. The first kappa shape index (κ1) is 13.4. The molecule has 3 unspecified atom stereocenters. The molecule has 0 aromatic heterocycles. The van der Waals surface area contributed by atoms with Crippen LogP contribution in [-0.4, -0.2) is 18.6 Å². The zero-order chi connectivity index (χ0) is 12.5. The Balaban J connectivity index is 1.88. The second kappa shape index (κ2) is 5.27. The zero-order valence-electron chi connectivity index (χ0n) is 11.8. The van der Waals surface area contributed by atoms with Crippen LogP contribution in [-0.2, 0) is 0 Å². The minimum Gasteiger partial charge on any atom is -0.329 e. The summed E-state index contributed by atoms with van der Waals surface area (Å²) in [5, 5.41) is 3.84. The summed E-state index contributed by atoms with van der Waals surface area (Å²) < 4.78 is 0. The Bertz CT molecular complexity index is 237. The fourth-order valence-electron chi connectivity index (χ4n) is 3.86. The molecule has 2 aliphatic carbocycles. The maximum Gasteiger partial charge on any atom is 0.0309 e. The maximum absolute atomic E-state index is 6.08. The molecule has 2 nitrogen and oxygen atoms in total. The van der Waals surface area contributed by atoms with Crippen LogP contribution in [0.2, 0.25) is 0 Å². The van der Waals surface area contributed by atoms with E-state index in [2.05, 4.69) is 26.1 Å². The van der Waals surface area contributed by atoms with Crippen LogP contribution in [0.5, 0.6) is 0 Å². The lowest BCUT2D eigenvalue weighted by molar-refractivity contribution is 0.143. The molecule has 2 rings (SSSR count). The fraction of sp³-hybridized carbons (Fsp3) is 1.00. The Kier molecular flexibility index (Phi) is 4.14. The van der Waals surface area contributed by atoms with Gasteiger partial charge in [-0.05, 0) is 62.3 Å². The average molecular weight is 238 g/mol. The van der Waals surface area contributed by atoms with Crippen molar-refractivity contribution in [2.75, 3.05) is 13.1 Å². The molecule has 2 saturated carbocycles. The van der Waals surface area contributed by atoms with Gasteiger partial charge in [-0.3, -0.25) is 0 Å². The highest BCUT2D eigenvalue weighted by Crippen LogP contribution is 2.38. The van der Waals surface area contributed by atoms with Gasteiger partial charge in [0.05, 0.1) is 0 Å². The predicted molar refractivity (Wildman–Crippen MR) is 73.9 cm³/mol. The Morgan fingerprint density at radius 3 is 2.29 bits per heavy atom. The maximum atomic E-state index is 6.08. The van der Waals surface area contributed by atoms with Crippen molar-refractivity contribution in [3.63, 3.8) is 0 Å². The minimum atomic E-state index is 0.236. The lowest BCUT2D eigenvalue weighted by atomic mass is 9.71. The third-order valence-electron chi connectivity index (χ3n) is 4.90. The van der Waals surface area contributed by atoms with Gasteiger partial charge in [-0.1, -0.05) is 20.8 Å². The van der Waals surface area contributed by atoms with Crippen molar-refractivity contribution in [3.8, 4) is 0 Å². The van der Waals surface area contributed by atoms with Crippen molar-refractivity contribution in [1.29, 1.82) is 0 Å². The summed E-state index contributed by atoms with van der Waals surface area (Å²) in [6.45, 7) is 9.13. The van der Waals surface area contributed by atoms with Crippen LogP contribution in [0.3, 0.4) is 0 Å². The van der Waals surface area contributed by atoms with Crippen LogP contribution in [0.15, 0.2) is 0 Å². The molecule has 0 radical (unpaired) electrons. The van der Waals surface area contributed by atoms with E-state index in [1.165, 1.54) is 38.6 Å². The summed E-state index contributed by atoms with van der Waals surface area (Å²) >= 11 is 0. The number of nitrogens with two attached hydrogens (primary N) is 1. The molecule has 0 heterocycles. The van der Waals surface area contributed by atoms with Crippen molar-refractivity contribution in [2.45, 2.75) is 58.4 Å². The van der Waals surface area contributed by atoms with E-state index >= 15 is 0 Å². The lowest BCUT2D eigenvalue weighted by Crippen LogP contribution is -2.56. The van der Waals surface area contributed by atoms with Crippen LogP contribution < -0.4 is 11.1 Å². The number of hydrogen-bond donors (Lipinski definition) is 2. The third-order valence-corrected chi connectivity index (χ3v) is 4.90. The quantitative estimate of drug-likeness (QED) is 0.773. The minimum absolute atomic E-state index is 0.236. The highest BCUT2D eigenvalue weighted by molar-refractivity contribution is 4.96. The van der Waals surface area contributed by atoms with E-state index in [0.29, 0.717) is 0 Å². The van der Waals surface area contributed by atoms with Gasteiger partial charge in [-0.25, -0.2) is 0 Å². The van der Waals surface area contributed by atoms with Crippen molar-refractivity contribution in [1.82, 2.24) is 5.32 Å². The Morgan fingerprint density at radius 1 is 1.24 bits per heavy atom. The first-order valence-corrected chi connectivity index (χ1v) is 7.50. The molecule has 0 bridgehead atoms. The van der Waals surface area contributed by atoms with Gasteiger partial charge in [-0.2, -0.15) is 0 Å². The molecule has 0 amide bonds. The van der Waals surface area contributed by atoms with Crippen LogP contribution in [0, 0.1) is 23.7 Å². The first-order chi connectivity index (χ1) is 8.04. The molecule has 0 aromatic rings. The molecule has 0 saturated heterocycles. The van der Waals surface area contributed by atoms with Crippen molar-refractivity contribution >= 4 is 0 Å². The van der Waals surface area contributed by atoms with E-state index in [1.54, 1.807) is 0 Å². The molecule has 2 fully saturated rings. The molecular formula is C15H30N2. The summed E-state index contributed by atoms with van der Waals surface area (Å²) in [5.74, 6) is 3.48. The largest absolute Gasteiger partial charge is 0.329 e. The summed E-state index contributed by atoms with van der Waals surface area (Å²) in [7, 11) is 0. The van der Waals surface area contributed by atoms with Gasteiger partial charge in [0.15, 0.2) is 0 Å². The van der Waals surface area contributed by atoms with E-state index < -0.39 is 0 Å². The van der Waals surface area contributed by atoms with Crippen LogP contribution >= 0.6 is 0 Å². The molecule has 0 aliphatic heterocycles. The monoisotopic (exact) mass is 238 g/mol. The van der Waals surface area contributed by atoms with Gasteiger partial charge in [-0.15, -0.1) is 0 Å². The first-order valence-electron chi connectivity index (χ1n) is 7.50. The second-order valence-electron chi connectivity index (χ2n) is 7.03. The molecule has 2 heteroatoms. The van der Waals surface area contributed by atoms with E-state index in [0.717, 1.165) is 30.2 Å². The standard InChI is InChI=1S/C15H30N2/c1-11-6-12(2)8-15(7-11,10-16)17-9-13(3)14-4-5-14/h11-14,17H,4-10,16H2,1-3H3. The Morgan fingerprint density at radius 2 is 1.82 bits per heavy atom. The molecule has 100 valence electrons. The second-order valence-corrected chi connectivity index (χ2v) is 7.03. The van der Waals surface area contributed by atoms with Gasteiger partial charge in [0.2, 0.25) is 0 Å². The number of nitrogens with one attached hydrogen (secondary N) is 1. The van der Waals surface area contributed by atoms with Gasteiger partial charge < -0.3 is 11.1 Å². The molecule has 0 aromatic carbocycles. The van der Waals surface area contributed by atoms with Crippen molar-refractivity contribution < 1.29 is 0 Å².